The summed E-state index contributed by atoms with van der Waals surface area (Å²) in [6.45, 7) is 2.49. The summed E-state index contributed by atoms with van der Waals surface area (Å²) in [5, 5.41) is 0. The molecule has 1 aliphatic heterocycles. The zero-order valence-corrected chi connectivity index (χ0v) is 19.8. The van der Waals surface area contributed by atoms with Gasteiger partial charge in [0.25, 0.3) is 0 Å². The molecule has 36 heavy (non-hydrogen) atoms. The number of ketones is 2. The Bertz CT molecular complexity index is 1430. The molecule has 4 aromatic carbocycles. The molecule has 0 saturated carbocycles. The minimum atomic E-state index is -1.32. The summed E-state index contributed by atoms with van der Waals surface area (Å²) in [4.78, 5) is 27.5. The number of rotatable bonds is 6. The minimum absolute atomic E-state index is 0.191. The number of carbonyl (C=O) groups excluding carboxylic acids is 2. The van der Waals surface area contributed by atoms with Crippen LogP contribution in [0.1, 0.15) is 62.7 Å². The second-order valence-corrected chi connectivity index (χ2v) is 8.91. The van der Waals surface area contributed by atoms with Gasteiger partial charge in [-0.3, -0.25) is 9.59 Å². The maximum Gasteiger partial charge on any atom is 0.305 e. The second-order valence-electron chi connectivity index (χ2n) is 8.91. The number of benzene rings is 4. The van der Waals surface area contributed by atoms with Gasteiger partial charge in [0, 0.05) is 28.3 Å². The van der Waals surface area contributed by atoms with Crippen LogP contribution in [0.4, 0.5) is 0 Å². The van der Waals surface area contributed by atoms with Crippen molar-refractivity contribution < 1.29 is 23.8 Å². The molecule has 0 radical (unpaired) electrons. The van der Waals surface area contributed by atoms with Gasteiger partial charge in [-0.25, -0.2) is 0 Å². The number of unbranched alkanes of at least 4 members (excludes halogenated alkanes) is 1. The third kappa shape index (κ3) is 3.31. The van der Waals surface area contributed by atoms with Crippen LogP contribution in [0.3, 0.4) is 0 Å². The van der Waals surface area contributed by atoms with Crippen LogP contribution < -0.4 is 14.2 Å². The number of fused-ring (bicyclic) bond motifs is 4. The third-order valence-electron chi connectivity index (χ3n) is 6.64. The Hall–Kier alpha value is -4.38. The molecular weight excluding hydrogens is 452 g/mol. The Kier molecular flexibility index (Phi) is 5.33. The van der Waals surface area contributed by atoms with E-state index >= 15 is 0 Å². The summed E-state index contributed by atoms with van der Waals surface area (Å²) < 4.78 is 19.3. The van der Waals surface area contributed by atoms with Crippen molar-refractivity contribution in [3.05, 3.63) is 124 Å². The molecule has 4 aromatic rings. The molecule has 0 N–H and O–H groups in total. The van der Waals surface area contributed by atoms with Crippen molar-refractivity contribution in [2.45, 2.75) is 25.6 Å². The van der Waals surface area contributed by atoms with Crippen molar-refractivity contribution in [3.8, 4) is 17.2 Å². The van der Waals surface area contributed by atoms with E-state index in [9.17, 15) is 9.59 Å². The molecule has 0 bridgehead atoms. The van der Waals surface area contributed by atoms with Gasteiger partial charge in [0.05, 0.1) is 17.7 Å². The fourth-order valence-electron chi connectivity index (χ4n) is 4.86. The van der Waals surface area contributed by atoms with Crippen LogP contribution in [-0.2, 0) is 5.79 Å². The first-order valence-electron chi connectivity index (χ1n) is 12.2. The van der Waals surface area contributed by atoms with Crippen LogP contribution in [0.5, 0.6) is 17.2 Å². The van der Waals surface area contributed by atoms with Crippen molar-refractivity contribution in [1.82, 2.24) is 0 Å². The summed E-state index contributed by atoms with van der Waals surface area (Å²) in [6.07, 6.45) is 1.76. The molecule has 0 saturated heterocycles. The highest BCUT2D eigenvalue weighted by Crippen LogP contribution is 2.54. The van der Waals surface area contributed by atoms with Gasteiger partial charge >= 0.3 is 5.79 Å². The van der Waals surface area contributed by atoms with E-state index in [-0.39, 0.29) is 28.4 Å². The minimum Gasteiger partial charge on any atom is -0.493 e. The van der Waals surface area contributed by atoms with E-state index < -0.39 is 5.79 Å². The number of carbonyl (C=O) groups is 2. The maximum atomic E-state index is 13.8. The first-order chi connectivity index (χ1) is 17.6. The Morgan fingerprint density at radius 2 is 1.28 bits per heavy atom. The van der Waals surface area contributed by atoms with Gasteiger partial charge < -0.3 is 14.2 Å². The Morgan fingerprint density at radius 1 is 0.722 bits per heavy atom. The topological polar surface area (TPSA) is 61.8 Å². The third-order valence-corrected chi connectivity index (χ3v) is 6.64. The van der Waals surface area contributed by atoms with Crippen molar-refractivity contribution in [3.63, 3.8) is 0 Å². The molecular formula is C31H24O5. The standard InChI is InChI=1S/C31H24O5/c1-2-3-18-34-24-19-25-30(27-26(24)28(32)22-16-10-11-17-23(22)29(27)33)36-31(35-25,20-12-6-4-7-13-20)21-14-8-5-9-15-21/h4-17,19H,2-3,18H2,1H3. The van der Waals surface area contributed by atoms with Crippen molar-refractivity contribution in [2.24, 2.45) is 0 Å². The second kappa shape index (κ2) is 8.68. The lowest BCUT2D eigenvalue weighted by Gasteiger charge is -2.28. The van der Waals surface area contributed by atoms with E-state index in [1.165, 1.54) is 0 Å². The lowest BCUT2D eigenvalue weighted by atomic mass is 9.83. The van der Waals surface area contributed by atoms with Crippen LogP contribution >= 0.6 is 0 Å². The van der Waals surface area contributed by atoms with E-state index in [0.29, 0.717) is 29.2 Å². The van der Waals surface area contributed by atoms with Crippen LogP contribution in [0.15, 0.2) is 91.0 Å². The Labute approximate surface area is 209 Å². The largest absolute Gasteiger partial charge is 0.493 e. The zero-order chi connectivity index (χ0) is 24.7. The van der Waals surface area contributed by atoms with Crippen molar-refractivity contribution in [1.29, 1.82) is 0 Å². The summed E-state index contributed by atoms with van der Waals surface area (Å²) in [5.41, 5.74) is 2.68. The predicted octanol–water partition coefficient (Wildman–Crippen LogP) is 6.31. The predicted molar refractivity (Wildman–Crippen MR) is 135 cm³/mol. The molecule has 0 aromatic heterocycles. The average Bonchev–Trinajstić information content (AvgIpc) is 3.33. The van der Waals surface area contributed by atoms with Gasteiger partial charge in [-0.15, -0.1) is 0 Å². The molecule has 2 aliphatic rings. The van der Waals surface area contributed by atoms with E-state index in [0.717, 1.165) is 24.0 Å². The van der Waals surface area contributed by atoms with Crippen molar-refractivity contribution in [2.75, 3.05) is 6.61 Å². The molecule has 0 spiro atoms. The first kappa shape index (κ1) is 22.1. The van der Waals surface area contributed by atoms with Gasteiger partial charge in [-0.1, -0.05) is 98.3 Å². The van der Waals surface area contributed by atoms with E-state index in [2.05, 4.69) is 6.92 Å². The molecule has 0 unspecified atom stereocenters. The Balaban J connectivity index is 1.58. The average molecular weight is 477 g/mol. The van der Waals surface area contributed by atoms with E-state index in [4.69, 9.17) is 14.2 Å². The van der Waals surface area contributed by atoms with Gasteiger partial charge in [0.1, 0.15) is 5.75 Å². The summed E-state index contributed by atoms with van der Waals surface area (Å²) in [5.74, 6) is -0.888. The number of ether oxygens (including phenoxy) is 3. The molecule has 1 heterocycles. The lowest BCUT2D eigenvalue weighted by Crippen LogP contribution is -2.37. The fraction of sp³-hybridized carbons (Fsp3) is 0.161. The summed E-state index contributed by atoms with van der Waals surface area (Å²) in [6, 6.07) is 27.7. The van der Waals surface area contributed by atoms with Gasteiger partial charge in [-0.2, -0.15) is 0 Å². The van der Waals surface area contributed by atoms with Gasteiger partial charge in [0.15, 0.2) is 23.1 Å². The highest BCUT2D eigenvalue weighted by molar-refractivity contribution is 6.30. The van der Waals surface area contributed by atoms with Gasteiger partial charge in [-0.05, 0) is 6.42 Å². The van der Waals surface area contributed by atoms with E-state index in [1.54, 1.807) is 30.3 Å². The number of hydrogen-bond donors (Lipinski definition) is 0. The molecule has 6 rings (SSSR count). The SMILES string of the molecule is CCCCOc1cc2c(c3c1C(=O)c1ccccc1C3=O)OC(c1ccccc1)(c1ccccc1)O2. The molecule has 5 nitrogen and oxygen atoms in total. The van der Waals surface area contributed by atoms with Crippen LogP contribution in [0.25, 0.3) is 0 Å². The number of hydrogen-bond acceptors (Lipinski definition) is 5. The molecule has 0 fully saturated rings. The van der Waals surface area contributed by atoms with Crippen LogP contribution in [0, 0.1) is 0 Å². The van der Waals surface area contributed by atoms with Crippen molar-refractivity contribution >= 4 is 11.6 Å². The maximum absolute atomic E-state index is 13.8. The quantitative estimate of drug-likeness (QED) is 0.269. The molecule has 0 amide bonds. The normalized spacial score (nSPS) is 14.8. The summed E-state index contributed by atoms with van der Waals surface area (Å²) >= 11 is 0. The van der Waals surface area contributed by atoms with E-state index in [1.807, 2.05) is 60.7 Å². The molecule has 1 aliphatic carbocycles. The highest BCUT2D eigenvalue weighted by atomic mass is 16.7. The smallest absolute Gasteiger partial charge is 0.305 e. The van der Waals surface area contributed by atoms with Gasteiger partial charge in [0.2, 0.25) is 0 Å². The molecule has 0 atom stereocenters. The highest BCUT2D eigenvalue weighted by Gasteiger charge is 2.49. The summed E-state index contributed by atoms with van der Waals surface area (Å²) in [7, 11) is 0. The molecule has 5 heteroatoms. The van der Waals surface area contributed by atoms with Crippen LogP contribution in [0.2, 0.25) is 0 Å². The Morgan fingerprint density at radius 3 is 1.86 bits per heavy atom. The fourth-order valence-corrected chi connectivity index (χ4v) is 4.86. The molecule has 178 valence electrons. The first-order valence-corrected chi connectivity index (χ1v) is 12.2. The van der Waals surface area contributed by atoms with Crippen LogP contribution in [-0.4, -0.2) is 18.2 Å². The monoisotopic (exact) mass is 476 g/mol. The lowest BCUT2D eigenvalue weighted by molar-refractivity contribution is -0.0461. The zero-order valence-electron chi connectivity index (χ0n) is 19.8.